The molecule has 19 heavy (non-hydrogen) atoms. The number of hydrogen-bond donors (Lipinski definition) is 1. The summed E-state index contributed by atoms with van der Waals surface area (Å²) in [5.74, 6) is -0.675. The second-order valence-electron chi connectivity index (χ2n) is 5.84. The van der Waals surface area contributed by atoms with Crippen LogP contribution in [0.3, 0.4) is 0 Å². The fourth-order valence-electron chi connectivity index (χ4n) is 1.35. The normalized spacial score (nSPS) is 11.5. The minimum atomic E-state index is -0.623. The highest BCUT2D eigenvalue weighted by atomic mass is 16.5. The van der Waals surface area contributed by atoms with Crippen LogP contribution in [-0.2, 0) is 4.79 Å². The molecule has 0 aliphatic carbocycles. The quantitative estimate of drug-likeness (QED) is 0.517. The molecule has 104 valence electrons. The van der Waals surface area contributed by atoms with Gasteiger partial charge < -0.3 is 9.84 Å². The van der Waals surface area contributed by atoms with Gasteiger partial charge in [-0.25, -0.2) is 0 Å². The molecule has 1 rings (SSSR count). The molecule has 0 radical (unpaired) electrons. The number of esters is 1. The number of carbonyl (C=O) groups excluding carboxylic acids is 2. The molecule has 0 fully saturated rings. The van der Waals surface area contributed by atoms with Crippen molar-refractivity contribution in [3.8, 4) is 11.5 Å². The lowest BCUT2D eigenvalue weighted by atomic mass is 9.97. The monoisotopic (exact) mass is 264 g/mol. The van der Waals surface area contributed by atoms with E-state index in [-0.39, 0.29) is 28.8 Å². The first-order valence-corrected chi connectivity index (χ1v) is 6.22. The van der Waals surface area contributed by atoms with Crippen LogP contribution in [0.2, 0.25) is 0 Å². The Morgan fingerprint density at radius 1 is 1.21 bits per heavy atom. The molecule has 0 atom stereocenters. The number of Topliss-reactive ketones (excluding diaryl/α,β-unsaturated/α-hetero) is 1. The molecule has 4 nitrogen and oxygen atoms in total. The summed E-state index contributed by atoms with van der Waals surface area (Å²) < 4.78 is 5.14. The van der Waals surface area contributed by atoms with E-state index in [1.54, 1.807) is 34.6 Å². The van der Waals surface area contributed by atoms with Gasteiger partial charge in [-0.1, -0.05) is 13.8 Å². The molecule has 0 bridgehead atoms. The summed E-state index contributed by atoms with van der Waals surface area (Å²) in [6.45, 7) is 8.74. The summed E-state index contributed by atoms with van der Waals surface area (Å²) in [5.41, 5.74) is -0.382. The van der Waals surface area contributed by atoms with Gasteiger partial charge in [0.05, 0.1) is 11.0 Å². The van der Waals surface area contributed by atoms with Crippen molar-refractivity contribution in [2.45, 2.75) is 34.6 Å². The van der Waals surface area contributed by atoms with E-state index >= 15 is 0 Å². The molecule has 0 spiro atoms. The first-order chi connectivity index (χ1) is 8.62. The Kier molecular flexibility index (Phi) is 4.35. The predicted octanol–water partition coefficient (Wildman–Crippen LogP) is 3.18. The Hall–Kier alpha value is -1.84. The summed E-state index contributed by atoms with van der Waals surface area (Å²) >= 11 is 0. The second kappa shape index (κ2) is 5.43. The Morgan fingerprint density at radius 2 is 1.79 bits per heavy atom. The minimum Gasteiger partial charge on any atom is -0.507 e. The van der Waals surface area contributed by atoms with Gasteiger partial charge in [-0.3, -0.25) is 9.59 Å². The van der Waals surface area contributed by atoms with E-state index in [2.05, 4.69) is 0 Å². The van der Waals surface area contributed by atoms with Gasteiger partial charge in [-0.15, -0.1) is 0 Å². The largest absolute Gasteiger partial charge is 0.507 e. The summed E-state index contributed by atoms with van der Waals surface area (Å²) in [5, 5.41) is 9.81. The van der Waals surface area contributed by atoms with E-state index in [1.165, 1.54) is 18.2 Å². The van der Waals surface area contributed by atoms with Crippen molar-refractivity contribution in [1.82, 2.24) is 0 Å². The zero-order valence-corrected chi connectivity index (χ0v) is 12.0. The van der Waals surface area contributed by atoms with Gasteiger partial charge in [0.2, 0.25) is 0 Å². The number of hydrogen-bond acceptors (Lipinski definition) is 4. The number of aromatic hydroxyl groups is 1. The van der Waals surface area contributed by atoms with Crippen LogP contribution in [0.4, 0.5) is 0 Å². The zero-order chi connectivity index (χ0) is 14.8. The molecular weight excluding hydrogens is 244 g/mol. The van der Waals surface area contributed by atoms with Gasteiger partial charge in [-0.05, 0) is 32.9 Å². The molecule has 0 saturated heterocycles. The number of phenols is 1. The number of carbonyl (C=O) groups is 2. The van der Waals surface area contributed by atoms with Crippen molar-refractivity contribution >= 4 is 11.8 Å². The van der Waals surface area contributed by atoms with Gasteiger partial charge in [0.25, 0.3) is 0 Å². The van der Waals surface area contributed by atoms with E-state index in [9.17, 15) is 14.7 Å². The fraction of sp³-hybridized carbons (Fsp3) is 0.467. The maximum absolute atomic E-state index is 11.8. The van der Waals surface area contributed by atoms with Crippen molar-refractivity contribution in [3.05, 3.63) is 23.8 Å². The van der Waals surface area contributed by atoms with E-state index in [4.69, 9.17) is 4.74 Å². The zero-order valence-electron chi connectivity index (χ0n) is 12.0. The number of ether oxygens (including phenoxy) is 1. The third kappa shape index (κ3) is 3.81. The third-order valence-electron chi connectivity index (χ3n) is 2.58. The first kappa shape index (κ1) is 15.2. The number of phenolic OH excluding ortho intramolecular Hbond substituents is 1. The van der Waals surface area contributed by atoms with Crippen molar-refractivity contribution < 1.29 is 19.4 Å². The van der Waals surface area contributed by atoms with Crippen LogP contribution >= 0.6 is 0 Å². The summed E-state index contributed by atoms with van der Waals surface area (Å²) in [6, 6.07) is 4.28. The van der Waals surface area contributed by atoms with Crippen LogP contribution in [0.1, 0.15) is 45.0 Å². The Balaban J connectivity index is 2.95. The second-order valence-corrected chi connectivity index (χ2v) is 5.84. The molecule has 0 heterocycles. The molecule has 0 aliphatic rings. The van der Waals surface area contributed by atoms with Gasteiger partial charge >= 0.3 is 5.97 Å². The van der Waals surface area contributed by atoms with Crippen LogP contribution in [-0.4, -0.2) is 16.9 Å². The average Bonchev–Trinajstić information content (AvgIpc) is 2.26. The van der Waals surface area contributed by atoms with Gasteiger partial charge in [0.1, 0.15) is 11.5 Å². The minimum absolute atomic E-state index is 0.147. The van der Waals surface area contributed by atoms with Gasteiger partial charge in [-0.2, -0.15) is 0 Å². The standard InChI is InChI=1S/C15H20O4/c1-9(2)13(17)11-7-6-10(8-12(11)16)19-14(18)15(3,4)5/h6-9,16H,1-5H3. The van der Waals surface area contributed by atoms with Crippen molar-refractivity contribution in [3.63, 3.8) is 0 Å². The van der Waals surface area contributed by atoms with E-state index in [1.807, 2.05) is 0 Å². The van der Waals surface area contributed by atoms with Crippen molar-refractivity contribution in [2.24, 2.45) is 11.3 Å². The van der Waals surface area contributed by atoms with Crippen molar-refractivity contribution in [2.75, 3.05) is 0 Å². The Morgan fingerprint density at radius 3 is 2.21 bits per heavy atom. The lowest BCUT2D eigenvalue weighted by Crippen LogP contribution is -2.25. The number of rotatable bonds is 3. The molecule has 1 aromatic rings. The number of benzene rings is 1. The highest BCUT2D eigenvalue weighted by Crippen LogP contribution is 2.27. The van der Waals surface area contributed by atoms with Gasteiger partial charge in [0.15, 0.2) is 5.78 Å². The van der Waals surface area contributed by atoms with Crippen LogP contribution in [0.15, 0.2) is 18.2 Å². The Labute approximate surface area is 113 Å². The van der Waals surface area contributed by atoms with E-state index in [0.717, 1.165) is 0 Å². The van der Waals surface area contributed by atoms with Gasteiger partial charge in [0, 0.05) is 12.0 Å². The number of ketones is 1. The predicted molar refractivity (Wildman–Crippen MR) is 72.4 cm³/mol. The molecule has 1 aromatic carbocycles. The van der Waals surface area contributed by atoms with E-state index < -0.39 is 11.4 Å². The highest BCUT2D eigenvalue weighted by Gasteiger charge is 2.24. The summed E-state index contributed by atoms with van der Waals surface area (Å²) in [6.07, 6.45) is 0. The summed E-state index contributed by atoms with van der Waals surface area (Å²) in [7, 11) is 0. The van der Waals surface area contributed by atoms with Crippen LogP contribution < -0.4 is 4.74 Å². The molecule has 0 unspecified atom stereocenters. The maximum atomic E-state index is 11.8. The Bertz CT molecular complexity index is 495. The van der Waals surface area contributed by atoms with Crippen LogP contribution in [0.5, 0.6) is 11.5 Å². The fourth-order valence-corrected chi connectivity index (χ4v) is 1.35. The molecule has 0 aliphatic heterocycles. The molecular formula is C15H20O4. The molecule has 4 heteroatoms. The lowest BCUT2D eigenvalue weighted by molar-refractivity contribution is -0.142. The highest BCUT2D eigenvalue weighted by molar-refractivity contribution is 6.00. The average molecular weight is 264 g/mol. The van der Waals surface area contributed by atoms with Crippen LogP contribution in [0, 0.1) is 11.3 Å². The molecule has 0 saturated carbocycles. The molecule has 0 aromatic heterocycles. The SMILES string of the molecule is CC(C)C(=O)c1ccc(OC(=O)C(C)(C)C)cc1O. The smallest absolute Gasteiger partial charge is 0.316 e. The third-order valence-corrected chi connectivity index (χ3v) is 2.58. The maximum Gasteiger partial charge on any atom is 0.316 e. The molecule has 1 N–H and O–H groups in total. The first-order valence-electron chi connectivity index (χ1n) is 6.22. The van der Waals surface area contributed by atoms with Crippen LogP contribution in [0.25, 0.3) is 0 Å². The summed E-state index contributed by atoms with van der Waals surface area (Å²) in [4.78, 5) is 23.5. The van der Waals surface area contributed by atoms with Crippen molar-refractivity contribution in [1.29, 1.82) is 0 Å². The topological polar surface area (TPSA) is 63.6 Å². The van der Waals surface area contributed by atoms with E-state index in [0.29, 0.717) is 0 Å². The molecule has 0 amide bonds. The lowest BCUT2D eigenvalue weighted by Gasteiger charge is -2.16.